The molecule has 1 aliphatic rings. The lowest BCUT2D eigenvalue weighted by Crippen LogP contribution is -2.50. The van der Waals surface area contributed by atoms with Gasteiger partial charge in [-0.2, -0.15) is 0 Å². The number of piperidine rings is 1. The number of carbonyl (C=O) groups is 1. The molecule has 1 atom stereocenters. The molecule has 1 rings (SSSR count). The summed E-state index contributed by atoms with van der Waals surface area (Å²) in [6, 6.07) is 0. The first-order chi connectivity index (χ1) is 9.10. The molecule has 19 heavy (non-hydrogen) atoms. The van der Waals surface area contributed by atoms with E-state index in [9.17, 15) is 4.79 Å². The fraction of sp³-hybridized carbons (Fsp3) is 0.933. The molecule has 0 aromatic rings. The highest BCUT2D eigenvalue weighted by Crippen LogP contribution is 2.30. The van der Waals surface area contributed by atoms with E-state index < -0.39 is 0 Å². The van der Waals surface area contributed by atoms with Crippen LogP contribution in [0.15, 0.2) is 0 Å². The van der Waals surface area contributed by atoms with Crippen molar-refractivity contribution < 1.29 is 9.53 Å². The van der Waals surface area contributed by atoms with E-state index in [2.05, 4.69) is 17.6 Å². The van der Waals surface area contributed by atoms with Gasteiger partial charge in [-0.3, -0.25) is 4.79 Å². The summed E-state index contributed by atoms with van der Waals surface area (Å²) in [6.45, 7) is 9.62. The molecule has 4 nitrogen and oxygen atoms in total. The summed E-state index contributed by atoms with van der Waals surface area (Å²) < 4.78 is 5.48. The van der Waals surface area contributed by atoms with Crippen molar-refractivity contribution >= 4 is 5.91 Å². The quantitative estimate of drug-likeness (QED) is 0.664. The number of ether oxygens (including phenoxy) is 1. The first-order valence-electron chi connectivity index (χ1n) is 7.71. The largest absolute Gasteiger partial charge is 0.379 e. The number of unbranched alkanes of at least 4 members (excludes halogenated alkanes) is 1. The Bertz CT molecular complexity index is 261. The minimum Gasteiger partial charge on any atom is -0.379 e. The van der Waals surface area contributed by atoms with Crippen LogP contribution in [0.5, 0.6) is 0 Å². The highest BCUT2D eigenvalue weighted by atomic mass is 16.5. The monoisotopic (exact) mass is 270 g/mol. The molecular weight excluding hydrogens is 240 g/mol. The molecule has 112 valence electrons. The van der Waals surface area contributed by atoms with Crippen LogP contribution in [0, 0.1) is 5.41 Å². The second kappa shape index (κ2) is 8.54. The summed E-state index contributed by atoms with van der Waals surface area (Å²) in [5.41, 5.74) is -0.174. The lowest BCUT2D eigenvalue weighted by molar-refractivity contribution is -0.132. The van der Waals surface area contributed by atoms with Gasteiger partial charge in [0.05, 0.1) is 11.5 Å². The van der Waals surface area contributed by atoms with Crippen LogP contribution in [0.4, 0.5) is 0 Å². The molecule has 1 amide bonds. The van der Waals surface area contributed by atoms with Crippen molar-refractivity contribution in [1.82, 2.24) is 10.6 Å². The standard InChI is InChI=1S/C15H30N2O2/c1-4-15(8-7-9-16-12-15)14(18)17-10-5-6-11-19-13(2)3/h13,16H,4-12H2,1-3H3,(H,17,18). The van der Waals surface area contributed by atoms with Gasteiger partial charge in [-0.15, -0.1) is 0 Å². The summed E-state index contributed by atoms with van der Waals surface area (Å²) in [7, 11) is 0. The van der Waals surface area contributed by atoms with Crippen LogP contribution in [-0.4, -0.2) is 38.3 Å². The van der Waals surface area contributed by atoms with Gasteiger partial charge in [0.15, 0.2) is 0 Å². The van der Waals surface area contributed by atoms with Crippen molar-refractivity contribution in [1.29, 1.82) is 0 Å². The van der Waals surface area contributed by atoms with Crippen LogP contribution < -0.4 is 10.6 Å². The number of nitrogens with one attached hydrogen (secondary N) is 2. The lowest BCUT2D eigenvalue weighted by Gasteiger charge is -2.35. The van der Waals surface area contributed by atoms with E-state index in [-0.39, 0.29) is 11.3 Å². The molecule has 1 aliphatic heterocycles. The zero-order valence-corrected chi connectivity index (χ0v) is 12.8. The van der Waals surface area contributed by atoms with Crippen molar-refractivity contribution in [2.24, 2.45) is 5.41 Å². The summed E-state index contributed by atoms with van der Waals surface area (Å²) in [5, 5.41) is 6.45. The number of carbonyl (C=O) groups excluding carboxylic acids is 1. The van der Waals surface area contributed by atoms with Crippen molar-refractivity contribution in [2.75, 3.05) is 26.2 Å². The Labute approximate surface area is 117 Å². The van der Waals surface area contributed by atoms with Crippen LogP contribution in [0.3, 0.4) is 0 Å². The molecule has 2 N–H and O–H groups in total. The maximum absolute atomic E-state index is 12.3. The van der Waals surface area contributed by atoms with Gasteiger partial charge in [-0.1, -0.05) is 6.92 Å². The summed E-state index contributed by atoms with van der Waals surface area (Å²) in [6.07, 6.45) is 5.33. The Morgan fingerprint density at radius 2 is 2.21 bits per heavy atom. The Kier molecular flexibility index (Phi) is 7.39. The first-order valence-corrected chi connectivity index (χ1v) is 7.71. The van der Waals surface area contributed by atoms with Gasteiger partial charge in [0.1, 0.15) is 0 Å². The molecular formula is C15H30N2O2. The van der Waals surface area contributed by atoms with Gasteiger partial charge in [-0.05, 0) is 52.5 Å². The van der Waals surface area contributed by atoms with Crippen LogP contribution in [0.1, 0.15) is 52.9 Å². The molecule has 0 saturated carbocycles. The van der Waals surface area contributed by atoms with E-state index >= 15 is 0 Å². The Morgan fingerprint density at radius 3 is 2.79 bits per heavy atom. The lowest BCUT2D eigenvalue weighted by atomic mass is 9.77. The van der Waals surface area contributed by atoms with E-state index in [1.165, 1.54) is 0 Å². The molecule has 0 aromatic heterocycles. The summed E-state index contributed by atoms with van der Waals surface area (Å²) in [5.74, 6) is 0.229. The van der Waals surface area contributed by atoms with Crippen LogP contribution in [0.2, 0.25) is 0 Å². The molecule has 1 unspecified atom stereocenters. The maximum atomic E-state index is 12.3. The van der Waals surface area contributed by atoms with Gasteiger partial charge < -0.3 is 15.4 Å². The number of rotatable bonds is 8. The average molecular weight is 270 g/mol. The third-order valence-corrected chi connectivity index (χ3v) is 3.94. The van der Waals surface area contributed by atoms with Gasteiger partial charge >= 0.3 is 0 Å². The smallest absolute Gasteiger partial charge is 0.227 e. The number of hydrogen-bond donors (Lipinski definition) is 2. The normalized spacial score (nSPS) is 23.6. The molecule has 1 fully saturated rings. The fourth-order valence-corrected chi connectivity index (χ4v) is 2.56. The van der Waals surface area contributed by atoms with E-state index in [0.29, 0.717) is 6.10 Å². The van der Waals surface area contributed by atoms with Crippen molar-refractivity contribution in [2.45, 2.75) is 59.0 Å². The first kappa shape index (κ1) is 16.4. The number of amides is 1. The summed E-state index contributed by atoms with van der Waals surface area (Å²) in [4.78, 5) is 12.3. The highest BCUT2D eigenvalue weighted by molar-refractivity contribution is 5.82. The molecule has 0 spiro atoms. The third-order valence-electron chi connectivity index (χ3n) is 3.94. The zero-order chi connectivity index (χ0) is 14.1. The van der Waals surface area contributed by atoms with Crippen molar-refractivity contribution in [3.8, 4) is 0 Å². The Balaban J connectivity index is 2.18. The highest BCUT2D eigenvalue weighted by Gasteiger charge is 2.37. The Hall–Kier alpha value is -0.610. The molecule has 0 aromatic carbocycles. The predicted molar refractivity (Wildman–Crippen MR) is 78.2 cm³/mol. The fourth-order valence-electron chi connectivity index (χ4n) is 2.56. The zero-order valence-electron chi connectivity index (χ0n) is 12.8. The molecule has 0 bridgehead atoms. The third kappa shape index (κ3) is 5.49. The van der Waals surface area contributed by atoms with E-state index in [1.807, 2.05) is 13.8 Å². The second-order valence-corrected chi connectivity index (χ2v) is 5.80. The SMILES string of the molecule is CCC1(C(=O)NCCCCOC(C)C)CCCNC1. The second-order valence-electron chi connectivity index (χ2n) is 5.80. The topological polar surface area (TPSA) is 50.4 Å². The van der Waals surface area contributed by atoms with Crippen molar-refractivity contribution in [3.63, 3.8) is 0 Å². The average Bonchev–Trinajstić information content (AvgIpc) is 2.42. The van der Waals surface area contributed by atoms with E-state index in [4.69, 9.17) is 4.74 Å². The molecule has 0 radical (unpaired) electrons. The van der Waals surface area contributed by atoms with Crippen molar-refractivity contribution in [3.05, 3.63) is 0 Å². The van der Waals surface area contributed by atoms with E-state index in [1.54, 1.807) is 0 Å². The van der Waals surface area contributed by atoms with Crippen LogP contribution >= 0.6 is 0 Å². The van der Waals surface area contributed by atoms with Gasteiger partial charge in [0.25, 0.3) is 0 Å². The molecule has 4 heteroatoms. The summed E-state index contributed by atoms with van der Waals surface area (Å²) >= 11 is 0. The minimum atomic E-state index is -0.174. The molecule has 0 aliphatic carbocycles. The van der Waals surface area contributed by atoms with Gasteiger partial charge in [-0.25, -0.2) is 0 Å². The van der Waals surface area contributed by atoms with Gasteiger partial charge in [0, 0.05) is 19.7 Å². The Morgan fingerprint density at radius 1 is 1.42 bits per heavy atom. The maximum Gasteiger partial charge on any atom is 0.227 e. The predicted octanol–water partition coefficient (Wildman–Crippen LogP) is 2.09. The van der Waals surface area contributed by atoms with Gasteiger partial charge in [0.2, 0.25) is 5.91 Å². The molecule has 1 heterocycles. The van der Waals surface area contributed by atoms with Crippen LogP contribution in [-0.2, 0) is 9.53 Å². The number of hydrogen-bond acceptors (Lipinski definition) is 3. The van der Waals surface area contributed by atoms with Crippen LogP contribution in [0.25, 0.3) is 0 Å². The molecule has 1 saturated heterocycles. The van der Waals surface area contributed by atoms with E-state index in [0.717, 1.165) is 58.3 Å². The minimum absolute atomic E-state index is 0.174.